The fourth-order valence-corrected chi connectivity index (χ4v) is 3.30. The van der Waals surface area contributed by atoms with Crippen LogP contribution in [0.5, 0.6) is 0 Å². The zero-order valence-electron chi connectivity index (χ0n) is 18.6. The number of halogens is 1. The smallest absolute Gasteiger partial charge is 0.408 e. The number of nitrogens with zero attached hydrogens (tertiary/aromatic N) is 4. The van der Waals surface area contributed by atoms with E-state index < -0.39 is 6.09 Å². The van der Waals surface area contributed by atoms with E-state index in [1.54, 1.807) is 16.1 Å². The number of hydrogen-bond acceptors (Lipinski definition) is 6. The standard InChI is InChI=1S/C23H26FN7O2/c1-15(2)21-22(27-14-28-31(21)10-9-26-23(32)33)29-19-7-8-20(16(3)11-19)30(25)13-17-5-4-6-18(24)12-17/h4-12,14,26H,13,25H2,1-3H3,(H,32,33)(H,27,28,29)/b10-9+. The van der Waals surface area contributed by atoms with Crippen LogP contribution in [-0.2, 0) is 6.54 Å². The molecule has 5 N–H and O–H groups in total. The van der Waals surface area contributed by atoms with E-state index >= 15 is 0 Å². The molecule has 2 aromatic rings. The van der Waals surface area contributed by atoms with Crippen molar-refractivity contribution < 1.29 is 14.3 Å². The van der Waals surface area contributed by atoms with Crippen molar-refractivity contribution in [2.45, 2.75) is 27.3 Å². The summed E-state index contributed by atoms with van der Waals surface area (Å²) in [6.07, 6.45) is 3.14. The highest BCUT2D eigenvalue weighted by Crippen LogP contribution is 2.26. The van der Waals surface area contributed by atoms with Gasteiger partial charge in [-0.15, -0.1) is 0 Å². The lowest BCUT2D eigenvalue weighted by Gasteiger charge is -2.27. The number of hydrazine groups is 2. The van der Waals surface area contributed by atoms with Crippen molar-refractivity contribution in [3.8, 4) is 0 Å². The Morgan fingerprint density at radius 3 is 2.79 bits per heavy atom. The molecule has 0 fully saturated rings. The summed E-state index contributed by atoms with van der Waals surface area (Å²) in [4.78, 5) is 19.7. The van der Waals surface area contributed by atoms with Gasteiger partial charge in [0, 0.05) is 12.4 Å². The highest BCUT2D eigenvalue weighted by Gasteiger charge is 2.19. The summed E-state index contributed by atoms with van der Waals surface area (Å²) in [5.74, 6) is 6.40. The highest BCUT2D eigenvalue weighted by molar-refractivity contribution is 6.05. The van der Waals surface area contributed by atoms with Crippen LogP contribution in [0.3, 0.4) is 0 Å². The van der Waals surface area contributed by atoms with Gasteiger partial charge in [-0.2, -0.15) is 0 Å². The van der Waals surface area contributed by atoms with Gasteiger partial charge in [-0.3, -0.25) is 15.8 Å². The summed E-state index contributed by atoms with van der Waals surface area (Å²) in [6, 6.07) is 11.9. The molecule has 0 saturated heterocycles. The van der Waals surface area contributed by atoms with Crippen LogP contribution in [0.25, 0.3) is 0 Å². The second-order valence-electron chi connectivity index (χ2n) is 7.54. The molecular formula is C23H26FN7O2. The molecule has 0 aromatic heterocycles. The van der Waals surface area contributed by atoms with Crippen molar-refractivity contribution in [2.24, 2.45) is 15.8 Å². The molecule has 172 valence electrons. The van der Waals surface area contributed by atoms with Crippen LogP contribution >= 0.6 is 0 Å². The Labute approximate surface area is 191 Å². The first-order valence-corrected chi connectivity index (χ1v) is 10.1. The Bertz CT molecular complexity index is 1150. The van der Waals surface area contributed by atoms with Crippen molar-refractivity contribution in [3.63, 3.8) is 0 Å². The number of hydrogen-bond donors (Lipinski definition) is 4. The molecule has 1 amide bonds. The number of allylic oxidation sites excluding steroid dienone is 1. The molecule has 33 heavy (non-hydrogen) atoms. The molecule has 0 aliphatic carbocycles. The van der Waals surface area contributed by atoms with Gasteiger partial charge in [-0.05, 0) is 67.8 Å². The lowest BCUT2D eigenvalue weighted by atomic mass is 10.1. The van der Waals surface area contributed by atoms with E-state index in [0.29, 0.717) is 23.8 Å². The lowest BCUT2D eigenvalue weighted by molar-refractivity contribution is 0.198. The third-order valence-electron chi connectivity index (χ3n) is 4.71. The lowest BCUT2D eigenvalue weighted by Crippen LogP contribution is -2.39. The fourth-order valence-electron chi connectivity index (χ4n) is 3.30. The predicted molar refractivity (Wildman–Crippen MR) is 127 cm³/mol. The zero-order valence-corrected chi connectivity index (χ0v) is 18.6. The molecule has 1 aliphatic heterocycles. The summed E-state index contributed by atoms with van der Waals surface area (Å²) < 4.78 is 13.5. The Kier molecular flexibility index (Phi) is 7.42. The van der Waals surface area contributed by atoms with Crippen LogP contribution in [0, 0.1) is 12.7 Å². The fraction of sp³-hybridized carbons (Fsp3) is 0.174. The second kappa shape index (κ2) is 10.4. The number of amides is 1. The Morgan fingerprint density at radius 1 is 1.33 bits per heavy atom. The maximum absolute atomic E-state index is 13.5. The van der Waals surface area contributed by atoms with Gasteiger partial charge in [-0.25, -0.2) is 25.0 Å². The van der Waals surface area contributed by atoms with Crippen LogP contribution in [-0.4, -0.2) is 28.4 Å². The van der Waals surface area contributed by atoms with Crippen molar-refractivity contribution in [2.75, 3.05) is 5.01 Å². The Hall–Kier alpha value is -4.18. The largest absolute Gasteiger partial charge is 0.465 e. The molecule has 2 aromatic carbocycles. The highest BCUT2D eigenvalue weighted by atomic mass is 19.1. The molecule has 3 rings (SSSR count). The van der Waals surface area contributed by atoms with E-state index in [1.165, 1.54) is 30.9 Å². The average molecular weight is 452 g/mol. The van der Waals surface area contributed by atoms with E-state index in [-0.39, 0.29) is 5.82 Å². The predicted octanol–water partition coefficient (Wildman–Crippen LogP) is 3.93. The molecule has 0 spiro atoms. The van der Waals surface area contributed by atoms with Crippen LogP contribution in [0.15, 0.2) is 76.1 Å². The number of benzene rings is 2. The monoisotopic (exact) mass is 451 g/mol. The first-order chi connectivity index (χ1) is 15.7. The molecule has 0 atom stereocenters. The van der Waals surface area contributed by atoms with E-state index in [4.69, 9.17) is 10.9 Å². The first kappa shape index (κ1) is 23.5. The Balaban J connectivity index is 1.83. The van der Waals surface area contributed by atoms with Gasteiger partial charge in [0.25, 0.3) is 0 Å². The second-order valence-corrected chi connectivity index (χ2v) is 7.54. The van der Waals surface area contributed by atoms with Gasteiger partial charge in [0.1, 0.15) is 17.9 Å². The number of nitrogens with one attached hydrogen (secondary N) is 2. The SMILES string of the molecule is CC(C)=C1C(=Nc2ccc(N(N)Cc3cccc(F)c3)c(C)c2)N=CNN1/C=C/NC(=O)O. The maximum Gasteiger partial charge on any atom is 0.408 e. The number of aryl methyl sites for hydroxylation is 1. The number of anilines is 1. The van der Waals surface area contributed by atoms with Gasteiger partial charge in [0.05, 0.1) is 17.9 Å². The Morgan fingerprint density at radius 2 is 2.12 bits per heavy atom. The minimum Gasteiger partial charge on any atom is -0.465 e. The third kappa shape index (κ3) is 6.17. The van der Waals surface area contributed by atoms with E-state index in [9.17, 15) is 9.18 Å². The minimum absolute atomic E-state index is 0.302. The summed E-state index contributed by atoms with van der Waals surface area (Å²) >= 11 is 0. The van der Waals surface area contributed by atoms with Crippen LogP contribution in [0.1, 0.15) is 25.0 Å². The van der Waals surface area contributed by atoms with Gasteiger partial charge >= 0.3 is 6.09 Å². The molecule has 0 unspecified atom stereocenters. The van der Waals surface area contributed by atoms with Crippen molar-refractivity contribution in [1.82, 2.24) is 15.8 Å². The van der Waals surface area contributed by atoms with Crippen LogP contribution in [0.4, 0.5) is 20.6 Å². The molecular weight excluding hydrogens is 425 g/mol. The van der Waals surface area contributed by atoms with Gasteiger partial charge in [-0.1, -0.05) is 12.1 Å². The van der Waals surface area contributed by atoms with E-state index in [0.717, 1.165) is 22.4 Å². The normalized spacial score (nSPS) is 14.5. The molecule has 9 nitrogen and oxygen atoms in total. The van der Waals surface area contributed by atoms with Gasteiger partial charge in [0.2, 0.25) is 0 Å². The van der Waals surface area contributed by atoms with Crippen molar-refractivity contribution in [1.29, 1.82) is 0 Å². The number of rotatable bonds is 6. The summed E-state index contributed by atoms with van der Waals surface area (Å²) in [6.45, 7) is 6.10. The summed E-state index contributed by atoms with van der Waals surface area (Å²) in [5.41, 5.74) is 7.69. The topological polar surface area (TPSA) is 119 Å². The molecule has 10 heteroatoms. The summed E-state index contributed by atoms with van der Waals surface area (Å²) in [5, 5.41) is 14.1. The minimum atomic E-state index is -1.16. The van der Waals surface area contributed by atoms with Crippen LogP contribution in [0.2, 0.25) is 0 Å². The first-order valence-electron chi connectivity index (χ1n) is 10.1. The van der Waals surface area contributed by atoms with Crippen LogP contribution < -0.4 is 21.6 Å². The van der Waals surface area contributed by atoms with Crippen molar-refractivity contribution in [3.05, 3.63) is 83.1 Å². The number of aliphatic imine (C=N–C) groups is 2. The number of amidine groups is 1. The maximum atomic E-state index is 13.5. The van der Waals surface area contributed by atoms with Crippen molar-refractivity contribution >= 4 is 29.6 Å². The molecule has 1 aliphatic rings. The molecule has 0 radical (unpaired) electrons. The van der Waals surface area contributed by atoms with E-state index in [2.05, 4.69) is 20.7 Å². The van der Waals surface area contributed by atoms with Gasteiger partial charge in [0.15, 0.2) is 5.84 Å². The van der Waals surface area contributed by atoms with E-state index in [1.807, 2.05) is 45.0 Å². The average Bonchev–Trinajstić information content (AvgIpc) is 2.73. The number of nitrogens with two attached hydrogens (primary N) is 1. The number of carbonyl (C=O) groups is 1. The summed E-state index contributed by atoms with van der Waals surface area (Å²) in [7, 11) is 0. The molecule has 0 bridgehead atoms. The quantitative estimate of drug-likeness (QED) is 0.390. The zero-order chi connectivity index (χ0) is 24.0. The molecule has 0 saturated carbocycles. The van der Waals surface area contributed by atoms with Gasteiger partial charge < -0.3 is 10.1 Å². The molecule has 1 heterocycles. The number of carboxylic acid groups (broad SMARTS) is 1. The third-order valence-corrected chi connectivity index (χ3v) is 4.71.